The number of hydrogen-bond donors (Lipinski definition) is 2. The van der Waals surface area contributed by atoms with Crippen LogP contribution in [0.1, 0.15) is 24.5 Å². The average Bonchev–Trinajstić information content (AvgIpc) is 2.88. The van der Waals surface area contributed by atoms with Crippen molar-refractivity contribution >= 4 is 5.91 Å². The number of nitrogens with zero attached hydrogens (tertiary/aromatic N) is 2. The smallest absolute Gasteiger partial charge is 0.240 e. The van der Waals surface area contributed by atoms with Crippen LogP contribution >= 0.6 is 0 Å². The molecule has 1 amide bonds. The number of aromatic nitrogens is 2. The van der Waals surface area contributed by atoms with Crippen molar-refractivity contribution in [3.8, 4) is 0 Å². The van der Waals surface area contributed by atoms with Crippen LogP contribution < -0.4 is 10.6 Å². The number of methoxy groups -OCH3 is 1. The number of imidazole rings is 1. The molecule has 1 aromatic rings. The molecule has 0 aromatic carbocycles. The molecule has 1 aliphatic heterocycles. The van der Waals surface area contributed by atoms with Gasteiger partial charge in [-0.25, -0.2) is 4.98 Å². The lowest BCUT2D eigenvalue weighted by Crippen LogP contribution is -2.33. The molecule has 6 nitrogen and oxygen atoms in total. The van der Waals surface area contributed by atoms with Gasteiger partial charge in [0.05, 0.1) is 12.9 Å². The largest absolute Gasteiger partial charge is 0.383 e. The van der Waals surface area contributed by atoms with Crippen LogP contribution in [0.15, 0.2) is 12.5 Å². The van der Waals surface area contributed by atoms with Crippen LogP contribution in [0.4, 0.5) is 0 Å². The highest BCUT2D eigenvalue weighted by Crippen LogP contribution is 2.22. The number of piperidine rings is 1. The van der Waals surface area contributed by atoms with Gasteiger partial charge in [0.2, 0.25) is 5.91 Å². The Balaban J connectivity index is 1.89. The highest BCUT2D eigenvalue weighted by molar-refractivity contribution is 5.75. The molecule has 1 fully saturated rings. The number of ether oxygens (including phenoxy) is 1. The molecule has 106 valence electrons. The maximum absolute atomic E-state index is 11.8. The second kappa shape index (κ2) is 7.25. The van der Waals surface area contributed by atoms with E-state index in [1.807, 2.05) is 10.8 Å². The number of rotatable bonds is 6. The summed E-state index contributed by atoms with van der Waals surface area (Å²) in [7, 11) is 1.62. The summed E-state index contributed by atoms with van der Waals surface area (Å²) in [5, 5.41) is 6.21. The standard InChI is InChI=1S/C13H22N4O2/c1-19-6-5-16-13(18)9-17-10-15-8-12(17)11-3-2-4-14-7-11/h8,10-11,14H,2-7,9H2,1H3,(H,16,18). The first-order valence-electron chi connectivity index (χ1n) is 6.77. The lowest BCUT2D eigenvalue weighted by Gasteiger charge is -2.23. The molecule has 2 N–H and O–H groups in total. The minimum atomic E-state index is 0.0000635. The Morgan fingerprint density at radius 3 is 3.32 bits per heavy atom. The molecular formula is C13H22N4O2. The van der Waals surface area contributed by atoms with Gasteiger partial charge in [0.25, 0.3) is 0 Å². The van der Waals surface area contributed by atoms with Crippen LogP contribution in [0.2, 0.25) is 0 Å². The van der Waals surface area contributed by atoms with Gasteiger partial charge in [-0.05, 0) is 19.4 Å². The average molecular weight is 266 g/mol. The molecule has 0 bridgehead atoms. The van der Waals surface area contributed by atoms with Crippen LogP contribution in [-0.2, 0) is 16.1 Å². The molecule has 1 unspecified atom stereocenters. The fraction of sp³-hybridized carbons (Fsp3) is 0.692. The molecule has 19 heavy (non-hydrogen) atoms. The van der Waals surface area contributed by atoms with Crippen LogP contribution in [0.3, 0.4) is 0 Å². The van der Waals surface area contributed by atoms with Gasteiger partial charge in [0.15, 0.2) is 0 Å². The lowest BCUT2D eigenvalue weighted by molar-refractivity contribution is -0.121. The summed E-state index contributed by atoms with van der Waals surface area (Å²) in [5.74, 6) is 0.461. The minimum Gasteiger partial charge on any atom is -0.383 e. The Morgan fingerprint density at radius 2 is 2.58 bits per heavy atom. The molecule has 6 heteroatoms. The fourth-order valence-corrected chi connectivity index (χ4v) is 2.41. The number of hydrogen-bond acceptors (Lipinski definition) is 4. The molecular weight excluding hydrogens is 244 g/mol. The molecule has 0 radical (unpaired) electrons. The Bertz CT molecular complexity index is 399. The third-order valence-electron chi connectivity index (χ3n) is 3.40. The Hall–Kier alpha value is -1.40. The van der Waals surface area contributed by atoms with Crippen LogP contribution in [0.5, 0.6) is 0 Å². The van der Waals surface area contributed by atoms with Gasteiger partial charge in [0.1, 0.15) is 6.54 Å². The van der Waals surface area contributed by atoms with E-state index in [4.69, 9.17) is 4.74 Å². The predicted molar refractivity (Wildman–Crippen MR) is 72.0 cm³/mol. The maximum Gasteiger partial charge on any atom is 0.240 e. The van der Waals surface area contributed by atoms with Crippen molar-refractivity contribution < 1.29 is 9.53 Å². The van der Waals surface area contributed by atoms with Crippen molar-refractivity contribution in [3.63, 3.8) is 0 Å². The molecule has 0 aliphatic carbocycles. The van der Waals surface area contributed by atoms with Crippen LogP contribution in [0.25, 0.3) is 0 Å². The summed E-state index contributed by atoms with van der Waals surface area (Å²) < 4.78 is 6.85. The number of carbonyl (C=O) groups is 1. The van der Waals surface area contributed by atoms with Gasteiger partial charge in [-0.15, -0.1) is 0 Å². The van der Waals surface area contributed by atoms with E-state index in [1.54, 1.807) is 13.4 Å². The SMILES string of the molecule is COCCNC(=O)Cn1cncc1C1CCCNC1. The normalized spacial score (nSPS) is 19.3. The van der Waals surface area contributed by atoms with E-state index in [-0.39, 0.29) is 5.91 Å². The van der Waals surface area contributed by atoms with Gasteiger partial charge in [-0.1, -0.05) is 0 Å². The van der Waals surface area contributed by atoms with Gasteiger partial charge >= 0.3 is 0 Å². The number of amides is 1. The third kappa shape index (κ3) is 4.04. The van der Waals surface area contributed by atoms with Gasteiger partial charge in [0, 0.05) is 38.0 Å². The Kier molecular flexibility index (Phi) is 5.35. The van der Waals surface area contributed by atoms with E-state index < -0.39 is 0 Å². The summed E-state index contributed by atoms with van der Waals surface area (Å²) in [5.41, 5.74) is 1.15. The second-order valence-corrected chi connectivity index (χ2v) is 4.83. The zero-order valence-electron chi connectivity index (χ0n) is 11.4. The molecule has 1 aromatic heterocycles. The number of carbonyl (C=O) groups excluding carboxylic acids is 1. The first-order chi connectivity index (χ1) is 9.31. The summed E-state index contributed by atoms with van der Waals surface area (Å²) in [6, 6.07) is 0. The molecule has 1 atom stereocenters. The summed E-state index contributed by atoms with van der Waals surface area (Å²) in [6.45, 7) is 3.47. The Labute approximate surface area is 113 Å². The highest BCUT2D eigenvalue weighted by atomic mass is 16.5. The van der Waals surface area contributed by atoms with E-state index in [9.17, 15) is 4.79 Å². The van der Waals surface area contributed by atoms with Gasteiger partial charge in [-0.3, -0.25) is 4.79 Å². The second-order valence-electron chi connectivity index (χ2n) is 4.83. The van der Waals surface area contributed by atoms with Crippen molar-refractivity contribution in [2.24, 2.45) is 0 Å². The van der Waals surface area contributed by atoms with E-state index in [2.05, 4.69) is 15.6 Å². The molecule has 0 spiro atoms. The van der Waals surface area contributed by atoms with E-state index in [1.165, 1.54) is 6.42 Å². The van der Waals surface area contributed by atoms with Crippen LogP contribution in [0, 0.1) is 0 Å². The van der Waals surface area contributed by atoms with Crippen molar-refractivity contribution in [1.82, 2.24) is 20.2 Å². The van der Waals surface area contributed by atoms with Crippen molar-refractivity contribution in [3.05, 3.63) is 18.2 Å². The van der Waals surface area contributed by atoms with Crippen molar-refractivity contribution in [2.75, 3.05) is 33.4 Å². The quantitative estimate of drug-likeness (QED) is 0.717. The van der Waals surface area contributed by atoms with E-state index in [0.29, 0.717) is 25.6 Å². The molecule has 1 aliphatic rings. The maximum atomic E-state index is 11.8. The summed E-state index contributed by atoms with van der Waals surface area (Å²) >= 11 is 0. The Morgan fingerprint density at radius 1 is 1.68 bits per heavy atom. The monoisotopic (exact) mass is 266 g/mol. The number of nitrogens with one attached hydrogen (secondary N) is 2. The topological polar surface area (TPSA) is 68.2 Å². The highest BCUT2D eigenvalue weighted by Gasteiger charge is 2.19. The summed E-state index contributed by atoms with van der Waals surface area (Å²) in [6.07, 6.45) is 5.94. The molecule has 2 heterocycles. The molecule has 2 rings (SSSR count). The molecule has 1 saturated heterocycles. The third-order valence-corrected chi connectivity index (χ3v) is 3.40. The fourth-order valence-electron chi connectivity index (χ4n) is 2.41. The first kappa shape index (κ1) is 14.0. The minimum absolute atomic E-state index is 0.0000635. The van der Waals surface area contributed by atoms with Gasteiger partial charge < -0.3 is 19.9 Å². The van der Waals surface area contributed by atoms with Crippen molar-refractivity contribution in [2.45, 2.75) is 25.3 Å². The lowest BCUT2D eigenvalue weighted by atomic mass is 9.96. The van der Waals surface area contributed by atoms with Crippen molar-refractivity contribution in [1.29, 1.82) is 0 Å². The predicted octanol–water partition coefficient (Wildman–Crippen LogP) is 0.113. The first-order valence-corrected chi connectivity index (χ1v) is 6.77. The molecule has 0 saturated carbocycles. The van der Waals surface area contributed by atoms with Crippen LogP contribution in [-0.4, -0.2) is 48.8 Å². The zero-order chi connectivity index (χ0) is 13.5. The summed E-state index contributed by atoms with van der Waals surface area (Å²) in [4.78, 5) is 16.0. The van der Waals surface area contributed by atoms with Gasteiger partial charge in [-0.2, -0.15) is 0 Å². The van der Waals surface area contributed by atoms with E-state index >= 15 is 0 Å². The zero-order valence-corrected chi connectivity index (χ0v) is 11.4. The van der Waals surface area contributed by atoms with E-state index in [0.717, 1.165) is 25.2 Å².